The topological polar surface area (TPSA) is 35.2 Å². The van der Waals surface area contributed by atoms with Gasteiger partial charge >= 0.3 is 0 Å². The largest absolute Gasteiger partial charge is 0.372 e. The molecule has 2 aromatic rings. The third-order valence-electron chi connectivity index (χ3n) is 3.73. The number of fused-ring (bicyclic) bond motifs is 1. The highest BCUT2D eigenvalue weighted by atomic mass is 16.5. The molecular formula is C17H19NO. The number of hydrogen-bond acceptors (Lipinski definition) is 2. The average Bonchev–Trinajstić information content (AvgIpc) is 2.47. The normalized spacial score (nSPS) is 19.7. The van der Waals surface area contributed by atoms with E-state index in [-0.39, 0.29) is 12.1 Å². The average molecular weight is 253 g/mol. The minimum atomic E-state index is 0.00356. The van der Waals surface area contributed by atoms with Gasteiger partial charge in [0.25, 0.3) is 0 Å². The predicted molar refractivity (Wildman–Crippen MR) is 77.0 cm³/mol. The van der Waals surface area contributed by atoms with Gasteiger partial charge in [-0.05, 0) is 29.5 Å². The fraction of sp³-hybridized carbons (Fsp3) is 0.294. The molecule has 0 saturated heterocycles. The molecule has 0 amide bonds. The predicted octanol–water partition coefficient (Wildman–Crippen LogP) is 2.87. The van der Waals surface area contributed by atoms with E-state index in [1.54, 1.807) is 0 Å². The molecule has 2 heteroatoms. The van der Waals surface area contributed by atoms with Crippen molar-refractivity contribution >= 4 is 0 Å². The first-order valence-corrected chi connectivity index (χ1v) is 6.83. The van der Waals surface area contributed by atoms with Gasteiger partial charge < -0.3 is 10.5 Å². The van der Waals surface area contributed by atoms with Gasteiger partial charge in [-0.15, -0.1) is 0 Å². The maximum Gasteiger partial charge on any atom is 0.0981 e. The smallest absolute Gasteiger partial charge is 0.0981 e. The summed E-state index contributed by atoms with van der Waals surface area (Å²) < 4.78 is 5.91. The van der Waals surface area contributed by atoms with Crippen molar-refractivity contribution in [1.82, 2.24) is 0 Å². The number of benzene rings is 2. The van der Waals surface area contributed by atoms with Crippen LogP contribution in [-0.2, 0) is 17.6 Å². The summed E-state index contributed by atoms with van der Waals surface area (Å²) in [4.78, 5) is 0. The van der Waals surface area contributed by atoms with Gasteiger partial charge in [0.15, 0.2) is 0 Å². The maximum absolute atomic E-state index is 6.37. The third-order valence-corrected chi connectivity index (χ3v) is 3.73. The SMILES string of the molecule is NC(Cc1ccccc1)C1OCCc2ccccc21. The lowest BCUT2D eigenvalue weighted by molar-refractivity contribution is 0.0246. The van der Waals surface area contributed by atoms with Crippen molar-refractivity contribution in [2.75, 3.05) is 6.61 Å². The van der Waals surface area contributed by atoms with Crippen molar-refractivity contribution in [3.63, 3.8) is 0 Å². The van der Waals surface area contributed by atoms with Gasteiger partial charge in [-0.3, -0.25) is 0 Å². The highest BCUT2D eigenvalue weighted by molar-refractivity contribution is 5.32. The number of ether oxygens (including phenoxy) is 1. The van der Waals surface area contributed by atoms with Crippen molar-refractivity contribution in [3.05, 3.63) is 71.3 Å². The molecule has 98 valence electrons. The lowest BCUT2D eigenvalue weighted by Gasteiger charge is -2.30. The Morgan fingerprint density at radius 3 is 2.63 bits per heavy atom. The summed E-state index contributed by atoms with van der Waals surface area (Å²) in [5, 5.41) is 0. The summed E-state index contributed by atoms with van der Waals surface area (Å²) in [5.74, 6) is 0. The second kappa shape index (κ2) is 5.55. The van der Waals surface area contributed by atoms with Gasteiger partial charge in [0, 0.05) is 6.04 Å². The molecule has 2 nitrogen and oxygen atoms in total. The van der Waals surface area contributed by atoms with Gasteiger partial charge in [-0.2, -0.15) is 0 Å². The zero-order valence-electron chi connectivity index (χ0n) is 11.0. The van der Waals surface area contributed by atoms with E-state index in [0.717, 1.165) is 19.4 Å². The summed E-state index contributed by atoms with van der Waals surface area (Å²) in [6, 6.07) is 18.9. The Bertz CT molecular complexity index is 538. The molecule has 3 rings (SSSR count). The fourth-order valence-corrected chi connectivity index (χ4v) is 2.77. The first kappa shape index (κ1) is 12.4. The number of nitrogens with two attached hydrogens (primary N) is 1. The molecule has 19 heavy (non-hydrogen) atoms. The van der Waals surface area contributed by atoms with Crippen molar-refractivity contribution in [3.8, 4) is 0 Å². The monoisotopic (exact) mass is 253 g/mol. The lowest BCUT2D eigenvalue weighted by atomic mass is 9.91. The maximum atomic E-state index is 6.37. The Balaban J connectivity index is 1.80. The second-order valence-electron chi connectivity index (χ2n) is 5.09. The van der Waals surface area contributed by atoms with Crippen LogP contribution >= 0.6 is 0 Å². The van der Waals surface area contributed by atoms with Crippen molar-refractivity contribution < 1.29 is 4.74 Å². The molecule has 2 unspecified atom stereocenters. The minimum Gasteiger partial charge on any atom is -0.372 e. The van der Waals surface area contributed by atoms with E-state index < -0.39 is 0 Å². The highest BCUT2D eigenvalue weighted by Gasteiger charge is 2.26. The number of rotatable bonds is 3. The van der Waals surface area contributed by atoms with Crippen LogP contribution in [0.5, 0.6) is 0 Å². The molecule has 1 aliphatic rings. The van der Waals surface area contributed by atoms with Gasteiger partial charge in [-0.25, -0.2) is 0 Å². The molecule has 0 bridgehead atoms. The summed E-state index contributed by atoms with van der Waals surface area (Å²) in [5.41, 5.74) is 10.3. The minimum absolute atomic E-state index is 0.00356. The van der Waals surface area contributed by atoms with Crippen LogP contribution in [-0.4, -0.2) is 12.6 Å². The van der Waals surface area contributed by atoms with Crippen LogP contribution in [0.1, 0.15) is 22.8 Å². The molecule has 0 spiro atoms. The van der Waals surface area contributed by atoms with Crippen molar-refractivity contribution in [2.45, 2.75) is 25.0 Å². The van der Waals surface area contributed by atoms with Crippen LogP contribution in [0.15, 0.2) is 54.6 Å². The van der Waals surface area contributed by atoms with Crippen LogP contribution in [0, 0.1) is 0 Å². The molecule has 0 aromatic heterocycles. The molecular weight excluding hydrogens is 234 g/mol. The van der Waals surface area contributed by atoms with E-state index in [0.29, 0.717) is 0 Å². The van der Waals surface area contributed by atoms with Gasteiger partial charge in [0.05, 0.1) is 12.7 Å². The molecule has 0 saturated carbocycles. The quantitative estimate of drug-likeness (QED) is 0.913. The van der Waals surface area contributed by atoms with E-state index in [9.17, 15) is 0 Å². The zero-order chi connectivity index (χ0) is 13.1. The molecule has 1 heterocycles. The van der Waals surface area contributed by atoms with Gasteiger partial charge in [0.1, 0.15) is 0 Å². The summed E-state index contributed by atoms with van der Waals surface area (Å²) in [6.45, 7) is 0.768. The lowest BCUT2D eigenvalue weighted by Crippen LogP contribution is -2.35. The van der Waals surface area contributed by atoms with E-state index in [4.69, 9.17) is 10.5 Å². The summed E-state index contributed by atoms with van der Waals surface area (Å²) >= 11 is 0. The van der Waals surface area contributed by atoms with E-state index in [2.05, 4.69) is 48.5 Å². The second-order valence-corrected chi connectivity index (χ2v) is 5.09. The Labute approximate surface area is 114 Å². The number of hydrogen-bond donors (Lipinski definition) is 1. The van der Waals surface area contributed by atoms with E-state index >= 15 is 0 Å². The van der Waals surface area contributed by atoms with Crippen LogP contribution < -0.4 is 5.73 Å². The van der Waals surface area contributed by atoms with Crippen molar-refractivity contribution in [2.24, 2.45) is 5.73 Å². The Morgan fingerprint density at radius 1 is 1.05 bits per heavy atom. The van der Waals surface area contributed by atoms with Crippen LogP contribution in [0.25, 0.3) is 0 Å². The summed E-state index contributed by atoms with van der Waals surface area (Å²) in [7, 11) is 0. The van der Waals surface area contributed by atoms with Gasteiger partial charge in [0.2, 0.25) is 0 Å². The fourth-order valence-electron chi connectivity index (χ4n) is 2.77. The third kappa shape index (κ3) is 2.70. The molecule has 0 radical (unpaired) electrons. The first-order valence-electron chi connectivity index (χ1n) is 6.83. The molecule has 0 aliphatic carbocycles. The Morgan fingerprint density at radius 2 is 1.79 bits per heavy atom. The molecule has 2 aromatic carbocycles. The van der Waals surface area contributed by atoms with Gasteiger partial charge in [-0.1, -0.05) is 54.6 Å². The standard InChI is InChI=1S/C17H19NO/c18-16(12-13-6-2-1-3-7-13)17-15-9-5-4-8-14(15)10-11-19-17/h1-9,16-17H,10-12,18H2. The zero-order valence-corrected chi connectivity index (χ0v) is 11.0. The van der Waals surface area contributed by atoms with Crippen LogP contribution in [0.4, 0.5) is 0 Å². The molecule has 2 N–H and O–H groups in total. The molecule has 0 fully saturated rings. The first-order chi connectivity index (χ1) is 9.34. The highest BCUT2D eigenvalue weighted by Crippen LogP contribution is 2.29. The summed E-state index contributed by atoms with van der Waals surface area (Å²) in [6.07, 6.45) is 1.86. The Hall–Kier alpha value is -1.64. The van der Waals surface area contributed by atoms with Crippen molar-refractivity contribution in [1.29, 1.82) is 0 Å². The molecule has 2 atom stereocenters. The van der Waals surface area contributed by atoms with Crippen LogP contribution in [0.2, 0.25) is 0 Å². The van der Waals surface area contributed by atoms with E-state index in [1.165, 1.54) is 16.7 Å². The van der Waals surface area contributed by atoms with E-state index in [1.807, 2.05) is 6.07 Å². The molecule has 1 aliphatic heterocycles. The Kier molecular flexibility index (Phi) is 3.62. The van der Waals surface area contributed by atoms with Crippen LogP contribution in [0.3, 0.4) is 0 Å².